The Hall–Kier alpha value is -3.26. The van der Waals surface area contributed by atoms with E-state index in [2.05, 4.69) is 6.07 Å². The highest BCUT2D eigenvalue weighted by atomic mass is 32.2. The van der Waals surface area contributed by atoms with Gasteiger partial charge in [0.2, 0.25) is 0 Å². The lowest BCUT2D eigenvalue weighted by Gasteiger charge is -2.19. The predicted octanol–water partition coefficient (Wildman–Crippen LogP) is 4.96. The molecule has 2 amide bonds. The van der Waals surface area contributed by atoms with Gasteiger partial charge in [0.1, 0.15) is 12.6 Å². The highest BCUT2D eigenvalue weighted by Crippen LogP contribution is 2.36. The van der Waals surface area contributed by atoms with Crippen LogP contribution < -0.4 is 9.47 Å². The van der Waals surface area contributed by atoms with Gasteiger partial charge in [-0.3, -0.25) is 14.5 Å². The number of benzene rings is 2. The van der Waals surface area contributed by atoms with E-state index in [1.54, 1.807) is 31.2 Å². The number of esters is 1. The fraction of sp³-hybridized carbons (Fsp3) is 0.320. The van der Waals surface area contributed by atoms with Gasteiger partial charge in [0, 0.05) is 0 Å². The molecular formula is C25H27NO6S. The van der Waals surface area contributed by atoms with Crippen LogP contribution in [0.5, 0.6) is 11.5 Å². The molecule has 0 bridgehead atoms. The van der Waals surface area contributed by atoms with E-state index in [0.717, 1.165) is 27.8 Å². The number of thioether (sulfide) groups is 1. The van der Waals surface area contributed by atoms with Gasteiger partial charge in [-0.25, -0.2) is 4.79 Å². The van der Waals surface area contributed by atoms with Crippen LogP contribution in [-0.2, 0) is 20.9 Å². The van der Waals surface area contributed by atoms with E-state index in [9.17, 15) is 14.4 Å². The molecule has 2 aromatic rings. The molecule has 2 aromatic carbocycles. The normalized spacial score (nSPS) is 15.6. The monoisotopic (exact) mass is 469 g/mol. The summed E-state index contributed by atoms with van der Waals surface area (Å²) < 4.78 is 16.6. The Bertz CT molecular complexity index is 1080. The molecule has 0 unspecified atom stereocenters. The van der Waals surface area contributed by atoms with Crippen LogP contribution in [0.25, 0.3) is 6.08 Å². The van der Waals surface area contributed by atoms with Crippen LogP contribution in [-0.4, -0.2) is 41.3 Å². The summed E-state index contributed by atoms with van der Waals surface area (Å²) in [5, 5.41) is -0.505. The van der Waals surface area contributed by atoms with E-state index in [0.29, 0.717) is 30.3 Å². The summed E-state index contributed by atoms with van der Waals surface area (Å²) >= 11 is 0.791. The van der Waals surface area contributed by atoms with Crippen molar-refractivity contribution in [3.05, 3.63) is 64.1 Å². The lowest BCUT2D eigenvalue weighted by atomic mass is 10.1. The van der Waals surface area contributed by atoms with Gasteiger partial charge in [0.15, 0.2) is 11.5 Å². The van der Waals surface area contributed by atoms with Gasteiger partial charge in [-0.05, 0) is 68.8 Å². The lowest BCUT2D eigenvalue weighted by molar-refractivity contribution is -0.150. The van der Waals surface area contributed by atoms with Crippen LogP contribution in [0.3, 0.4) is 0 Å². The maximum atomic E-state index is 12.8. The van der Waals surface area contributed by atoms with Gasteiger partial charge >= 0.3 is 5.97 Å². The Morgan fingerprint density at radius 1 is 1.06 bits per heavy atom. The first-order chi connectivity index (χ1) is 15.8. The van der Waals surface area contributed by atoms with Crippen LogP contribution >= 0.6 is 11.8 Å². The molecular weight excluding hydrogens is 442 g/mol. The Morgan fingerprint density at radius 3 is 2.55 bits per heavy atom. The quantitative estimate of drug-likeness (QED) is 0.379. The summed E-state index contributed by atoms with van der Waals surface area (Å²) in [6.45, 7) is 8.06. The van der Waals surface area contributed by atoms with E-state index in [1.165, 1.54) is 6.92 Å². The number of nitrogens with zero attached hydrogens (tertiary/aromatic N) is 1. The van der Waals surface area contributed by atoms with Crippen molar-refractivity contribution in [2.75, 3.05) is 13.2 Å². The van der Waals surface area contributed by atoms with E-state index in [4.69, 9.17) is 14.2 Å². The van der Waals surface area contributed by atoms with Crippen LogP contribution in [0.1, 0.15) is 37.5 Å². The van der Waals surface area contributed by atoms with Crippen molar-refractivity contribution in [2.45, 2.75) is 40.3 Å². The summed E-state index contributed by atoms with van der Waals surface area (Å²) in [7, 11) is 0. The van der Waals surface area contributed by atoms with E-state index >= 15 is 0 Å². The van der Waals surface area contributed by atoms with Crippen LogP contribution in [0.15, 0.2) is 47.4 Å². The van der Waals surface area contributed by atoms with Gasteiger partial charge in [0.05, 0.1) is 18.1 Å². The number of hydrogen-bond acceptors (Lipinski definition) is 7. The number of amides is 2. The van der Waals surface area contributed by atoms with Crippen molar-refractivity contribution < 1.29 is 28.6 Å². The molecule has 1 atom stereocenters. The SMILES string of the molecule is CCOC(=O)[C@H](C)N1C(=O)S/C(=C/c2ccc(OCc3cccc(C)c3)c(OCC)c2)C1=O. The van der Waals surface area contributed by atoms with Crippen molar-refractivity contribution in [3.8, 4) is 11.5 Å². The third-order valence-electron chi connectivity index (χ3n) is 4.88. The molecule has 1 heterocycles. The zero-order valence-electron chi connectivity index (χ0n) is 19.1. The Labute approximate surface area is 197 Å². The molecule has 174 valence electrons. The number of carbonyl (C=O) groups is 3. The fourth-order valence-electron chi connectivity index (χ4n) is 3.30. The number of rotatable bonds is 9. The molecule has 0 aromatic heterocycles. The molecule has 1 saturated heterocycles. The largest absolute Gasteiger partial charge is 0.490 e. The first kappa shape index (κ1) is 24.4. The number of aryl methyl sites for hydroxylation is 1. The Balaban J connectivity index is 1.79. The molecule has 3 rings (SSSR count). The highest BCUT2D eigenvalue weighted by molar-refractivity contribution is 8.18. The molecule has 1 aliphatic heterocycles. The summed E-state index contributed by atoms with van der Waals surface area (Å²) in [4.78, 5) is 38.3. The number of hydrogen-bond donors (Lipinski definition) is 0. The van der Waals surface area contributed by atoms with Gasteiger partial charge in [-0.2, -0.15) is 0 Å². The Morgan fingerprint density at radius 2 is 1.85 bits per heavy atom. The van der Waals surface area contributed by atoms with Gasteiger partial charge in [-0.1, -0.05) is 35.9 Å². The highest BCUT2D eigenvalue weighted by Gasteiger charge is 2.41. The third kappa shape index (κ3) is 5.96. The summed E-state index contributed by atoms with van der Waals surface area (Å²) in [6.07, 6.45) is 1.61. The third-order valence-corrected chi connectivity index (χ3v) is 5.76. The topological polar surface area (TPSA) is 82.1 Å². The maximum absolute atomic E-state index is 12.8. The zero-order valence-corrected chi connectivity index (χ0v) is 19.9. The van der Waals surface area contributed by atoms with Crippen molar-refractivity contribution in [1.29, 1.82) is 0 Å². The molecule has 0 N–H and O–H groups in total. The van der Waals surface area contributed by atoms with Gasteiger partial charge in [-0.15, -0.1) is 0 Å². The zero-order chi connectivity index (χ0) is 24.0. The van der Waals surface area contributed by atoms with Crippen molar-refractivity contribution >= 4 is 35.0 Å². The summed E-state index contributed by atoms with van der Waals surface area (Å²) in [6, 6.07) is 12.4. The molecule has 0 radical (unpaired) electrons. The average Bonchev–Trinajstić information content (AvgIpc) is 3.06. The second-order valence-corrected chi connectivity index (χ2v) is 8.39. The number of carbonyl (C=O) groups excluding carboxylic acids is 3. The molecule has 8 heteroatoms. The number of ether oxygens (including phenoxy) is 3. The first-order valence-electron chi connectivity index (χ1n) is 10.7. The lowest BCUT2D eigenvalue weighted by Crippen LogP contribution is -2.42. The van der Waals surface area contributed by atoms with E-state index in [1.807, 2.05) is 32.0 Å². The Kier molecular flexibility index (Phi) is 8.16. The maximum Gasteiger partial charge on any atom is 0.329 e. The smallest absolute Gasteiger partial charge is 0.329 e. The van der Waals surface area contributed by atoms with Crippen LogP contribution in [0.4, 0.5) is 4.79 Å². The molecule has 0 saturated carbocycles. The predicted molar refractivity (Wildman–Crippen MR) is 127 cm³/mol. The molecule has 1 aliphatic rings. The number of imide groups is 1. The second kappa shape index (κ2) is 11.0. The minimum absolute atomic E-state index is 0.174. The second-order valence-electron chi connectivity index (χ2n) is 7.40. The van der Waals surface area contributed by atoms with E-state index < -0.39 is 23.2 Å². The minimum Gasteiger partial charge on any atom is -0.490 e. The van der Waals surface area contributed by atoms with Crippen molar-refractivity contribution in [2.24, 2.45) is 0 Å². The van der Waals surface area contributed by atoms with Crippen LogP contribution in [0.2, 0.25) is 0 Å². The molecule has 1 fully saturated rings. The van der Waals surface area contributed by atoms with Crippen molar-refractivity contribution in [1.82, 2.24) is 4.90 Å². The van der Waals surface area contributed by atoms with Gasteiger partial charge in [0.25, 0.3) is 11.1 Å². The molecule has 0 spiro atoms. The standard InChI is InChI=1S/C25H27NO6S/c1-5-30-21-13-18(10-11-20(21)32-15-19-9-7-8-16(3)12-19)14-22-23(27)26(25(29)33-22)17(4)24(28)31-6-2/h7-14,17H,5-6,15H2,1-4H3/b22-14+/t17-/m0/s1. The molecule has 7 nitrogen and oxygen atoms in total. The fourth-order valence-corrected chi connectivity index (χ4v) is 4.21. The summed E-state index contributed by atoms with van der Waals surface area (Å²) in [5.74, 6) is -0.0179. The minimum atomic E-state index is -0.986. The average molecular weight is 470 g/mol. The first-order valence-corrected chi connectivity index (χ1v) is 11.5. The molecule has 33 heavy (non-hydrogen) atoms. The molecule has 0 aliphatic carbocycles. The van der Waals surface area contributed by atoms with Crippen LogP contribution in [0, 0.1) is 6.92 Å². The summed E-state index contributed by atoms with van der Waals surface area (Å²) in [5.41, 5.74) is 2.88. The van der Waals surface area contributed by atoms with Gasteiger partial charge < -0.3 is 14.2 Å². The van der Waals surface area contributed by atoms with Crippen molar-refractivity contribution in [3.63, 3.8) is 0 Å². The van der Waals surface area contributed by atoms with E-state index in [-0.39, 0.29) is 11.5 Å².